The van der Waals surface area contributed by atoms with Gasteiger partial charge in [-0.15, -0.1) is 0 Å². The minimum absolute atomic E-state index is 0.471. The van der Waals surface area contributed by atoms with Crippen LogP contribution in [0.25, 0.3) is 0 Å². The molecule has 1 unspecified atom stereocenters. The van der Waals surface area contributed by atoms with Crippen molar-refractivity contribution >= 4 is 0 Å². The van der Waals surface area contributed by atoms with Crippen molar-refractivity contribution in [3.8, 4) is 0 Å². The Labute approximate surface area is 130 Å². The Morgan fingerprint density at radius 3 is 2.38 bits per heavy atom. The van der Waals surface area contributed by atoms with Crippen molar-refractivity contribution in [2.24, 2.45) is 0 Å². The van der Waals surface area contributed by atoms with Gasteiger partial charge in [0.2, 0.25) is 0 Å². The SMILES string of the molecule is CCCCN(CC(NCC)c1ccc(CC)cc1)C1CC1. The number of hydrogen-bond donors (Lipinski definition) is 1. The van der Waals surface area contributed by atoms with Crippen molar-refractivity contribution in [1.82, 2.24) is 10.2 Å². The predicted octanol–water partition coefficient (Wildman–Crippen LogP) is 4.16. The number of benzene rings is 1. The average Bonchev–Trinajstić information content (AvgIpc) is 3.35. The van der Waals surface area contributed by atoms with Crippen molar-refractivity contribution < 1.29 is 0 Å². The lowest BCUT2D eigenvalue weighted by molar-refractivity contribution is 0.230. The molecule has 2 rings (SSSR count). The summed E-state index contributed by atoms with van der Waals surface area (Å²) in [5, 5.41) is 3.68. The molecule has 2 nitrogen and oxygen atoms in total. The van der Waals surface area contributed by atoms with Crippen LogP contribution in [0.2, 0.25) is 0 Å². The van der Waals surface area contributed by atoms with E-state index in [-0.39, 0.29) is 0 Å². The molecule has 0 aromatic heterocycles. The third-order valence-corrected chi connectivity index (χ3v) is 4.52. The van der Waals surface area contributed by atoms with Gasteiger partial charge in [0.05, 0.1) is 0 Å². The number of hydrogen-bond acceptors (Lipinski definition) is 2. The van der Waals surface area contributed by atoms with Crippen LogP contribution in [0.4, 0.5) is 0 Å². The smallest absolute Gasteiger partial charge is 0.0449 e. The van der Waals surface area contributed by atoms with E-state index < -0.39 is 0 Å². The molecule has 21 heavy (non-hydrogen) atoms. The molecule has 1 aliphatic rings. The zero-order chi connectivity index (χ0) is 15.1. The third kappa shape index (κ3) is 5.12. The topological polar surface area (TPSA) is 15.3 Å². The van der Waals surface area contributed by atoms with Gasteiger partial charge in [-0.05, 0) is 49.9 Å². The number of rotatable bonds is 10. The zero-order valence-electron chi connectivity index (χ0n) is 14.1. The first-order chi connectivity index (χ1) is 10.3. The van der Waals surface area contributed by atoms with Crippen LogP contribution < -0.4 is 5.32 Å². The summed E-state index contributed by atoms with van der Waals surface area (Å²) >= 11 is 0. The molecule has 2 heteroatoms. The van der Waals surface area contributed by atoms with Crippen molar-refractivity contribution in [3.63, 3.8) is 0 Å². The van der Waals surface area contributed by atoms with Gasteiger partial charge < -0.3 is 5.32 Å². The second-order valence-corrected chi connectivity index (χ2v) is 6.29. The Morgan fingerprint density at radius 1 is 1.14 bits per heavy atom. The van der Waals surface area contributed by atoms with E-state index in [0.29, 0.717) is 6.04 Å². The molecule has 1 aliphatic carbocycles. The monoisotopic (exact) mass is 288 g/mol. The Kier molecular flexibility index (Phi) is 6.72. The third-order valence-electron chi connectivity index (χ3n) is 4.52. The van der Waals surface area contributed by atoms with Gasteiger partial charge >= 0.3 is 0 Å². The summed E-state index contributed by atoms with van der Waals surface area (Å²) in [5.74, 6) is 0. The maximum absolute atomic E-state index is 3.68. The van der Waals surface area contributed by atoms with Crippen LogP contribution in [0.15, 0.2) is 24.3 Å². The maximum Gasteiger partial charge on any atom is 0.0449 e. The van der Waals surface area contributed by atoms with E-state index in [1.54, 1.807) is 0 Å². The summed E-state index contributed by atoms with van der Waals surface area (Å²) in [6.07, 6.45) is 6.54. The van der Waals surface area contributed by atoms with Crippen molar-refractivity contribution in [1.29, 1.82) is 0 Å². The molecule has 1 aromatic carbocycles. The molecule has 1 aromatic rings. The van der Waals surface area contributed by atoms with E-state index in [9.17, 15) is 0 Å². The van der Waals surface area contributed by atoms with E-state index in [1.165, 1.54) is 43.4 Å². The van der Waals surface area contributed by atoms with Crippen LogP contribution >= 0.6 is 0 Å². The number of likely N-dealkylation sites (N-methyl/N-ethyl adjacent to an activating group) is 1. The first-order valence-corrected chi connectivity index (χ1v) is 8.84. The Morgan fingerprint density at radius 2 is 1.86 bits per heavy atom. The molecular formula is C19H32N2. The zero-order valence-corrected chi connectivity index (χ0v) is 14.1. The Bertz CT molecular complexity index is 395. The standard InChI is InChI=1S/C19H32N2/c1-4-7-14-21(18-12-13-18)15-19(20-6-3)17-10-8-16(5-2)9-11-17/h8-11,18-20H,4-7,12-15H2,1-3H3. The fourth-order valence-corrected chi connectivity index (χ4v) is 2.98. The van der Waals surface area contributed by atoms with Crippen LogP contribution in [0.5, 0.6) is 0 Å². The second-order valence-electron chi connectivity index (χ2n) is 6.29. The van der Waals surface area contributed by atoms with E-state index >= 15 is 0 Å². The second kappa shape index (κ2) is 8.55. The highest BCUT2D eigenvalue weighted by atomic mass is 15.2. The minimum Gasteiger partial charge on any atom is -0.309 e. The summed E-state index contributed by atoms with van der Waals surface area (Å²) in [6, 6.07) is 10.5. The van der Waals surface area contributed by atoms with Gasteiger partial charge in [0.1, 0.15) is 0 Å². The van der Waals surface area contributed by atoms with E-state index in [0.717, 1.165) is 25.6 Å². The first-order valence-electron chi connectivity index (χ1n) is 8.84. The van der Waals surface area contributed by atoms with Gasteiger partial charge in [0.15, 0.2) is 0 Å². The van der Waals surface area contributed by atoms with Crippen LogP contribution in [-0.2, 0) is 6.42 Å². The molecule has 0 heterocycles. The Hall–Kier alpha value is -0.860. The normalized spacial score (nSPS) is 16.4. The number of aryl methyl sites for hydroxylation is 1. The van der Waals surface area contributed by atoms with Gasteiger partial charge in [-0.2, -0.15) is 0 Å². The number of nitrogens with zero attached hydrogens (tertiary/aromatic N) is 1. The summed E-state index contributed by atoms with van der Waals surface area (Å²) in [4.78, 5) is 2.71. The van der Waals surface area contributed by atoms with Gasteiger partial charge in [0.25, 0.3) is 0 Å². The fraction of sp³-hybridized carbons (Fsp3) is 0.684. The predicted molar refractivity (Wildman–Crippen MR) is 91.7 cm³/mol. The molecular weight excluding hydrogens is 256 g/mol. The molecule has 1 saturated carbocycles. The summed E-state index contributed by atoms with van der Waals surface area (Å²) in [7, 11) is 0. The van der Waals surface area contributed by atoms with Gasteiger partial charge in [-0.1, -0.05) is 51.5 Å². The van der Waals surface area contributed by atoms with Crippen molar-refractivity contribution in [3.05, 3.63) is 35.4 Å². The molecule has 0 saturated heterocycles. The van der Waals surface area contributed by atoms with E-state index in [4.69, 9.17) is 0 Å². The van der Waals surface area contributed by atoms with Gasteiger partial charge in [-0.3, -0.25) is 4.90 Å². The lowest BCUT2D eigenvalue weighted by Crippen LogP contribution is -2.37. The molecule has 118 valence electrons. The van der Waals surface area contributed by atoms with Crippen LogP contribution in [0.1, 0.15) is 63.6 Å². The summed E-state index contributed by atoms with van der Waals surface area (Å²) in [6.45, 7) is 10.2. The minimum atomic E-state index is 0.471. The highest BCUT2D eigenvalue weighted by molar-refractivity contribution is 5.25. The fourth-order valence-electron chi connectivity index (χ4n) is 2.98. The van der Waals surface area contributed by atoms with Crippen LogP contribution in [0, 0.1) is 0 Å². The summed E-state index contributed by atoms with van der Waals surface area (Å²) < 4.78 is 0. The maximum atomic E-state index is 3.68. The highest BCUT2D eigenvalue weighted by Crippen LogP contribution is 2.29. The van der Waals surface area contributed by atoms with E-state index in [2.05, 4.69) is 55.3 Å². The number of nitrogens with one attached hydrogen (secondary N) is 1. The average molecular weight is 288 g/mol. The van der Waals surface area contributed by atoms with Crippen LogP contribution in [0.3, 0.4) is 0 Å². The largest absolute Gasteiger partial charge is 0.309 e. The van der Waals surface area contributed by atoms with Crippen molar-refractivity contribution in [2.75, 3.05) is 19.6 Å². The quantitative estimate of drug-likeness (QED) is 0.695. The first kappa shape index (κ1) is 16.5. The molecule has 0 bridgehead atoms. The molecule has 0 aliphatic heterocycles. The lowest BCUT2D eigenvalue weighted by atomic mass is 10.0. The molecule has 0 spiro atoms. The lowest BCUT2D eigenvalue weighted by Gasteiger charge is -2.28. The molecule has 1 N–H and O–H groups in total. The molecule has 0 amide bonds. The molecule has 1 atom stereocenters. The van der Waals surface area contributed by atoms with Gasteiger partial charge in [-0.25, -0.2) is 0 Å². The molecule has 0 radical (unpaired) electrons. The Balaban J connectivity index is 2.01. The van der Waals surface area contributed by atoms with Crippen molar-refractivity contribution in [2.45, 2.75) is 65.0 Å². The van der Waals surface area contributed by atoms with Gasteiger partial charge in [0, 0.05) is 18.6 Å². The van der Waals surface area contributed by atoms with Crippen LogP contribution in [-0.4, -0.2) is 30.6 Å². The van der Waals surface area contributed by atoms with E-state index in [1.807, 2.05) is 0 Å². The number of unbranched alkanes of at least 4 members (excludes halogenated alkanes) is 1. The highest BCUT2D eigenvalue weighted by Gasteiger charge is 2.30. The summed E-state index contributed by atoms with van der Waals surface area (Å²) in [5.41, 5.74) is 2.87. The molecule has 1 fully saturated rings.